The summed E-state index contributed by atoms with van der Waals surface area (Å²) in [4.78, 5) is 15.4. The fourth-order valence-corrected chi connectivity index (χ4v) is 3.62. The fourth-order valence-electron chi connectivity index (χ4n) is 2.76. The van der Waals surface area contributed by atoms with Gasteiger partial charge in [0.05, 0.1) is 4.88 Å². The molecule has 0 bridgehead atoms. The van der Waals surface area contributed by atoms with Gasteiger partial charge in [0.25, 0.3) is 0 Å². The molecule has 3 aromatic rings. The fraction of sp³-hybridized carbons (Fsp3) is 0.105. The number of benzene rings is 2. The predicted molar refractivity (Wildman–Crippen MR) is 93.0 cm³/mol. The van der Waals surface area contributed by atoms with E-state index >= 15 is 0 Å². The Bertz CT molecular complexity index is 920. The molecule has 1 aromatic heterocycles. The van der Waals surface area contributed by atoms with Crippen molar-refractivity contribution in [2.75, 3.05) is 0 Å². The second-order valence-corrected chi connectivity index (χ2v) is 6.61. The van der Waals surface area contributed by atoms with Gasteiger partial charge < -0.3 is 4.74 Å². The van der Waals surface area contributed by atoms with Crippen LogP contribution in [0, 0.1) is 6.92 Å². The summed E-state index contributed by atoms with van der Waals surface area (Å²) in [6, 6.07) is 18.4. The molecule has 114 valence electrons. The predicted octanol–water partition coefficient (Wildman–Crippen LogP) is 4.31. The molecule has 4 heteroatoms. The number of ether oxygens (including phenoxy) is 1. The molecule has 1 aliphatic rings. The molecule has 1 N–H and O–H groups in total. The third-order valence-corrected chi connectivity index (χ3v) is 4.90. The maximum Gasteiger partial charge on any atom is 0.307 e. The number of hydrogen-bond donors (Lipinski definition) is 1. The van der Waals surface area contributed by atoms with Crippen LogP contribution in [0.3, 0.4) is 0 Å². The Balaban J connectivity index is 1.85. The molecule has 0 saturated carbocycles. The van der Waals surface area contributed by atoms with Gasteiger partial charge in [0, 0.05) is 11.5 Å². The Kier molecular flexibility index (Phi) is 3.39. The van der Waals surface area contributed by atoms with Crippen molar-refractivity contribution in [3.05, 3.63) is 91.9 Å². The highest BCUT2D eigenvalue weighted by Crippen LogP contribution is 2.41. The van der Waals surface area contributed by atoms with E-state index in [4.69, 9.17) is 4.74 Å². The van der Waals surface area contributed by atoms with E-state index in [2.05, 4.69) is 42.2 Å². The number of allylic oxidation sites excluding steroid dienone is 1. The van der Waals surface area contributed by atoms with Gasteiger partial charge in [0.2, 0.25) is 5.88 Å². The van der Waals surface area contributed by atoms with Crippen LogP contribution < -0.4 is 9.61 Å². The molecule has 1 atom stereocenters. The first kappa shape index (κ1) is 14.0. The van der Waals surface area contributed by atoms with Crippen LogP contribution in [0.4, 0.5) is 0 Å². The largest absolute Gasteiger partial charge is 0.439 e. The summed E-state index contributed by atoms with van der Waals surface area (Å²) in [6.45, 7) is 2.07. The van der Waals surface area contributed by atoms with Gasteiger partial charge in [0.15, 0.2) is 0 Å². The average Bonchev–Trinajstić information content (AvgIpc) is 2.96. The first-order chi connectivity index (χ1) is 11.2. The van der Waals surface area contributed by atoms with Gasteiger partial charge in [-0.1, -0.05) is 71.5 Å². The lowest BCUT2D eigenvalue weighted by Gasteiger charge is -2.22. The Morgan fingerprint density at radius 1 is 1.04 bits per heavy atom. The van der Waals surface area contributed by atoms with Crippen LogP contribution in [0.15, 0.2) is 65.5 Å². The molecule has 1 aliphatic heterocycles. The minimum Gasteiger partial charge on any atom is -0.439 e. The lowest BCUT2D eigenvalue weighted by Crippen LogP contribution is -2.09. The Morgan fingerprint density at radius 2 is 1.78 bits per heavy atom. The van der Waals surface area contributed by atoms with Gasteiger partial charge in [-0.05, 0) is 18.6 Å². The Hall–Kier alpha value is -2.59. The molecular weight excluding hydrogens is 306 g/mol. The smallest absolute Gasteiger partial charge is 0.307 e. The summed E-state index contributed by atoms with van der Waals surface area (Å²) in [5.74, 6) is 1.36. The zero-order valence-corrected chi connectivity index (χ0v) is 13.4. The number of H-pyrrole nitrogens is 1. The molecular formula is C19H15NO2S. The van der Waals surface area contributed by atoms with Crippen molar-refractivity contribution < 1.29 is 4.74 Å². The topological polar surface area (TPSA) is 42.1 Å². The van der Waals surface area contributed by atoms with E-state index in [9.17, 15) is 4.79 Å². The molecule has 2 aromatic carbocycles. The maximum absolute atomic E-state index is 11.8. The normalized spacial score (nSPS) is 16.4. The summed E-state index contributed by atoms with van der Waals surface area (Å²) in [5.41, 5.74) is 3.38. The SMILES string of the molecule is Cc1ccc(C2C=C(c3ccccc3)Oc3[nH]c(=O)sc32)cc1. The van der Waals surface area contributed by atoms with Crippen molar-refractivity contribution in [2.24, 2.45) is 0 Å². The van der Waals surface area contributed by atoms with Crippen molar-refractivity contribution in [3.8, 4) is 5.88 Å². The van der Waals surface area contributed by atoms with Crippen molar-refractivity contribution in [1.82, 2.24) is 4.98 Å². The summed E-state index contributed by atoms with van der Waals surface area (Å²) in [5, 5.41) is 0. The van der Waals surface area contributed by atoms with Crippen molar-refractivity contribution in [2.45, 2.75) is 12.8 Å². The lowest BCUT2D eigenvalue weighted by atomic mass is 9.93. The van der Waals surface area contributed by atoms with Gasteiger partial charge in [-0.2, -0.15) is 0 Å². The molecule has 0 aliphatic carbocycles. The van der Waals surface area contributed by atoms with Crippen LogP contribution in [0.5, 0.6) is 5.88 Å². The zero-order valence-electron chi connectivity index (χ0n) is 12.6. The monoisotopic (exact) mass is 321 g/mol. The molecule has 0 saturated heterocycles. The molecule has 0 fully saturated rings. The average molecular weight is 321 g/mol. The number of fused-ring (bicyclic) bond motifs is 1. The van der Waals surface area contributed by atoms with Crippen LogP contribution in [-0.4, -0.2) is 4.98 Å². The van der Waals surface area contributed by atoms with E-state index < -0.39 is 0 Å². The van der Waals surface area contributed by atoms with Crippen molar-refractivity contribution in [3.63, 3.8) is 0 Å². The third kappa shape index (κ3) is 2.62. The molecule has 0 amide bonds. The van der Waals surface area contributed by atoms with Gasteiger partial charge >= 0.3 is 4.87 Å². The highest BCUT2D eigenvalue weighted by atomic mass is 32.1. The quantitative estimate of drug-likeness (QED) is 0.764. The minimum absolute atomic E-state index is 0.0264. The van der Waals surface area contributed by atoms with Gasteiger partial charge in [-0.3, -0.25) is 9.78 Å². The molecule has 4 rings (SSSR count). The Morgan fingerprint density at radius 3 is 2.52 bits per heavy atom. The van der Waals surface area contributed by atoms with Crippen molar-refractivity contribution in [1.29, 1.82) is 0 Å². The summed E-state index contributed by atoms with van der Waals surface area (Å²) in [6.07, 6.45) is 2.09. The number of thiazole rings is 1. The Labute approximate surface area is 137 Å². The van der Waals surface area contributed by atoms with Crippen molar-refractivity contribution >= 4 is 17.1 Å². The summed E-state index contributed by atoms with van der Waals surface area (Å²) < 4.78 is 5.93. The lowest BCUT2D eigenvalue weighted by molar-refractivity contribution is 0.476. The highest BCUT2D eigenvalue weighted by Gasteiger charge is 2.27. The van der Waals surface area contributed by atoms with Crippen LogP contribution >= 0.6 is 11.3 Å². The number of nitrogens with one attached hydrogen (secondary N) is 1. The number of hydrogen-bond acceptors (Lipinski definition) is 3. The standard InChI is InChI=1S/C19H15NO2S/c1-12-7-9-13(10-8-12)15-11-16(14-5-3-2-4-6-14)22-18-17(15)23-19(21)20-18/h2-11,15H,1H3,(H,20,21). The first-order valence-electron chi connectivity index (χ1n) is 7.45. The first-order valence-corrected chi connectivity index (χ1v) is 8.27. The van der Waals surface area contributed by atoms with Crippen LogP contribution in [-0.2, 0) is 0 Å². The second-order valence-electron chi connectivity index (χ2n) is 5.60. The van der Waals surface area contributed by atoms with Crippen LogP contribution in [0.25, 0.3) is 5.76 Å². The molecule has 23 heavy (non-hydrogen) atoms. The highest BCUT2D eigenvalue weighted by molar-refractivity contribution is 7.09. The summed E-state index contributed by atoms with van der Waals surface area (Å²) >= 11 is 1.21. The van der Waals surface area contributed by atoms with Gasteiger partial charge in [0.1, 0.15) is 5.76 Å². The van der Waals surface area contributed by atoms with Gasteiger partial charge in [-0.15, -0.1) is 0 Å². The van der Waals surface area contributed by atoms with E-state index in [1.165, 1.54) is 16.9 Å². The van der Waals surface area contributed by atoms with Gasteiger partial charge in [-0.25, -0.2) is 0 Å². The van der Waals surface area contributed by atoms with E-state index in [0.717, 1.165) is 21.8 Å². The van der Waals surface area contributed by atoms with E-state index in [-0.39, 0.29) is 10.8 Å². The molecule has 3 nitrogen and oxygen atoms in total. The number of aromatic nitrogens is 1. The molecule has 0 radical (unpaired) electrons. The number of aryl methyl sites for hydroxylation is 1. The zero-order chi connectivity index (χ0) is 15.8. The molecule has 2 heterocycles. The van der Waals surface area contributed by atoms with Crippen LogP contribution in [0.1, 0.15) is 27.5 Å². The maximum atomic E-state index is 11.8. The second kappa shape index (κ2) is 5.56. The molecule has 0 spiro atoms. The van der Waals surface area contributed by atoms with E-state index in [0.29, 0.717) is 5.88 Å². The number of rotatable bonds is 2. The molecule has 1 unspecified atom stereocenters. The summed E-state index contributed by atoms with van der Waals surface area (Å²) in [7, 11) is 0. The van der Waals surface area contributed by atoms with E-state index in [1.54, 1.807) is 0 Å². The van der Waals surface area contributed by atoms with E-state index in [1.807, 2.05) is 30.3 Å². The van der Waals surface area contributed by atoms with Crippen LogP contribution in [0.2, 0.25) is 0 Å². The number of aromatic amines is 1. The minimum atomic E-state index is -0.0881. The third-order valence-electron chi connectivity index (χ3n) is 3.95.